The Hall–Kier alpha value is -1.76. The normalized spacial score (nSPS) is 36.0. The van der Waals surface area contributed by atoms with Gasteiger partial charge in [0.15, 0.2) is 6.29 Å². The standard InChI is InChI=1S/C24H46N8O7/c25-9-16-22(19(34)17(29)24(38-16)39-21-14(27)8-13(26)18(33)20(21)35)37-6-4-2-1-3-5-31-23(36)15(28)7-12-10-30-11-32-12/h10-11,13-22,24,33-35H,1-9,25-29H2,(H,30,32)(H,31,36)/t13-,14+,15-,16-,17-,18+,19-,20-,21-,22-,24-/m1/s1. The number of aromatic amines is 1. The lowest BCUT2D eigenvalue weighted by Crippen LogP contribution is -2.67. The van der Waals surface area contributed by atoms with E-state index >= 15 is 0 Å². The lowest BCUT2D eigenvalue weighted by Gasteiger charge is -2.46. The van der Waals surface area contributed by atoms with E-state index in [-0.39, 0.29) is 18.9 Å². The van der Waals surface area contributed by atoms with E-state index in [1.807, 2.05) is 0 Å². The molecule has 15 nitrogen and oxygen atoms in total. The van der Waals surface area contributed by atoms with Crippen LogP contribution in [-0.4, -0.2) is 118 Å². The van der Waals surface area contributed by atoms with Gasteiger partial charge in [0.05, 0.1) is 24.5 Å². The second-order valence-corrected chi connectivity index (χ2v) is 10.4. The number of nitrogens with zero attached hydrogens (tertiary/aromatic N) is 1. The maximum absolute atomic E-state index is 12.1. The van der Waals surface area contributed by atoms with E-state index in [4.69, 9.17) is 42.9 Å². The van der Waals surface area contributed by atoms with Crippen LogP contribution in [0.1, 0.15) is 37.8 Å². The van der Waals surface area contributed by atoms with Gasteiger partial charge < -0.3 is 68.5 Å². The van der Waals surface area contributed by atoms with Crippen LogP contribution in [0.3, 0.4) is 0 Å². The first-order valence-corrected chi connectivity index (χ1v) is 13.6. The number of carbonyl (C=O) groups is 1. The Morgan fingerprint density at radius 1 is 1.10 bits per heavy atom. The fourth-order valence-electron chi connectivity index (χ4n) is 4.95. The highest BCUT2D eigenvalue weighted by atomic mass is 16.7. The van der Waals surface area contributed by atoms with Gasteiger partial charge in [0.25, 0.3) is 0 Å². The molecule has 1 aliphatic carbocycles. The zero-order valence-electron chi connectivity index (χ0n) is 22.2. The second-order valence-electron chi connectivity index (χ2n) is 10.4. The number of amides is 1. The second kappa shape index (κ2) is 15.3. The van der Waals surface area contributed by atoms with Crippen molar-refractivity contribution in [3.63, 3.8) is 0 Å². The van der Waals surface area contributed by atoms with Crippen molar-refractivity contribution in [3.8, 4) is 0 Å². The van der Waals surface area contributed by atoms with Gasteiger partial charge >= 0.3 is 0 Å². The summed E-state index contributed by atoms with van der Waals surface area (Å²) < 4.78 is 17.6. The summed E-state index contributed by atoms with van der Waals surface area (Å²) in [6.07, 6.45) is -0.135. The molecule has 0 bridgehead atoms. The van der Waals surface area contributed by atoms with Crippen molar-refractivity contribution in [2.75, 3.05) is 19.7 Å². The topological polar surface area (TPSA) is 276 Å². The summed E-state index contributed by atoms with van der Waals surface area (Å²) >= 11 is 0. The molecular weight excluding hydrogens is 512 g/mol. The molecule has 224 valence electrons. The lowest BCUT2D eigenvalue weighted by atomic mass is 9.84. The molecule has 1 saturated carbocycles. The number of hydrogen-bond acceptors (Lipinski definition) is 13. The van der Waals surface area contributed by atoms with E-state index in [1.165, 1.54) is 0 Å². The lowest BCUT2D eigenvalue weighted by molar-refractivity contribution is -0.293. The van der Waals surface area contributed by atoms with Gasteiger partial charge in [-0.1, -0.05) is 12.8 Å². The van der Waals surface area contributed by atoms with Gasteiger partial charge in [-0.15, -0.1) is 0 Å². The monoisotopic (exact) mass is 558 g/mol. The highest BCUT2D eigenvalue weighted by Crippen LogP contribution is 2.28. The van der Waals surface area contributed by atoms with Crippen molar-refractivity contribution in [1.82, 2.24) is 15.3 Å². The van der Waals surface area contributed by atoms with Crippen LogP contribution in [0, 0.1) is 0 Å². The molecule has 1 aromatic rings. The highest BCUT2D eigenvalue weighted by Gasteiger charge is 2.48. The van der Waals surface area contributed by atoms with Gasteiger partial charge in [-0.3, -0.25) is 4.79 Å². The molecule has 0 radical (unpaired) electrons. The molecule has 2 heterocycles. The summed E-state index contributed by atoms with van der Waals surface area (Å²) in [6.45, 7) is 0.931. The van der Waals surface area contributed by atoms with Crippen molar-refractivity contribution in [2.24, 2.45) is 28.7 Å². The van der Waals surface area contributed by atoms with Crippen molar-refractivity contribution in [2.45, 2.75) is 106 Å². The fourth-order valence-corrected chi connectivity index (χ4v) is 4.95. The van der Waals surface area contributed by atoms with Crippen LogP contribution in [0.25, 0.3) is 0 Å². The number of nitrogens with one attached hydrogen (secondary N) is 2. The number of aromatic nitrogens is 2. The minimum absolute atomic E-state index is 0.0449. The van der Waals surface area contributed by atoms with Gasteiger partial charge in [-0.05, 0) is 19.3 Å². The van der Waals surface area contributed by atoms with E-state index in [0.717, 1.165) is 31.4 Å². The summed E-state index contributed by atoms with van der Waals surface area (Å²) in [6, 6.07) is -2.95. The third-order valence-electron chi connectivity index (χ3n) is 7.35. The number of aliphatic hydroxyl groups excluding tert-OH is 3. The molecule has 1 saturated heterocycles. The molecule has 15 heteroatoms. The number of rotatable bonds is 14. The molecule has 0 unspecified atom stereocenters. The molecule has 0 aromatic carbocycles. The minimum Gasteiger partial charge on any atom is -0.389 e. The van der Waals surface area contributed by atoms with Crippen LogP contribution < -0.4 is 34.0 Å². The van der Waals surface area contributed by atoms with Crippen LogP contribution in [0.2, 0.25) is 0 Å². The third-order valence-corrected chi connectivity index (χ3v) is 7.35. The predicted octanol–water partition coefficient (Wildman–Crippen LogP) is -4.12. The Bertz CT molecular complexity index is 850. The smallest absolute Gasteiger partial charge is 0.237 e. The first-order valence-electron chi connectivity index (χ1n) is 13.6. The number of aliphatic hydroxyl groups is 3. The zero-order valence-corrected chi connectivity index (χ0v) is 22.2. The van der Waals surface area contributed by atoms with Crippen LogP contribution in [0.4, 0.5) is 0 Å². The molecule has 15 N–H and O–H groups in total. The molecular formula is C24H46N8O7. The average Bonchev–Trinajstić information content (AvgIpc) is 3.42. The molecule has 39 heavy (non-hydrogen) atoms. The summed E-state index contributed by atoms with van der Waals surface area (Å²) in [4.78, 5) is 18.9. The van der Waals surface area contributed by atoms with Gasteiger partial charge in [-0.2, -0.15) is 0 Å². The number of hydrogen-bond donors (Lipinski definition) is 10. The molecule has 0 spiro atoms. The molecule has 2 fully saturated rings. The van der Waals surface area contributed by atoms with E-state index < -0.39 is 67.1 Å². The molecule has 1 amide bonds. The van der Waals surface area contributed by atoms with E-state index in [2.05, 4.69) is 15.3 Å². The summed E-state index contributed by atoms with van der Waals surface area (Å²) in [7, 11) is 0. The van der Waals surface area contributed by atoms with Gasteiger partial charge in [0, 0.05) is 50.1 Å². The van der Waals surface area contributed by atoms with Crippen LogP contribution in [0.5, 0.6) is 0 Å². The van der Waals surface area contributed by atoms with Crippen LogP contribution >= 0.6 is 0 Å². The molecule has 2 aliphatic rings. The number of H-pyrrole nitrogens is 1. The summed E-state index contributed by atoms with van der Waals surface area (Å²) in [5, 5.41) is 34.2. The Kier molecular flexibility index (Phi) is 12.5. The number of carbonyl (C=O) groups excluding carboxylic acids is 1. The Labute approximate surface area is 228 Å². The minimum atomic E-state index is -1.32. The number of nitrogens with two attached hydrogens (primary N) is 5. The van der Waals surface area contributed by atoms with Crippen molar-refractivity contribution < 1.29 is 34.3 Å². The van der Waals surface area contributed by atoms with Crippen molar-refractivity contribution in [3.05, 3.63) is 18.2 Å². The first kappa shape index (κ1) is 31.8. The van der Waals surface area contributed by atoms with E-state index in [1.54, 1.807) is 12.5 Å². The number of ether oxygens (including phenoxy) is 3. The van der Waals surface area contributed by atoms with Gasteiger partial charge in [0.2, 0.25) is 5.91 Å². The predicted molar refractivity (Wildman–Crippen MR) is 141 cm³/mol. The van der Waals surface area contributed by atoms with E-state index in [0.29, 0.717) is 19.6 Å². The average molecular weight is 559 g/mol. The summed E-state index contributed by atoms with van der Waals surface area (Å²) in [5.74, 6) is -0.203. The third kappa shape index (κ3) is 8.61. The van der Waals surface area contributed by atoms with Crippen LogP contribution in [-0.2, 0) is 25.4 Å². The van der Waals surface area contributed by atoms with E-state index in [9.17, 15) is 20.1 Å². The SMILES string of the molecule is NC[C@H]1O[C@H](O[C@H]2[C@H](O)[C@@H](O)[C@H](N)C[C@@H]2N)[C@H](N)[C@@H](O)[C@@H]1OCCCCCCNC(=O)[C@H](N)Cc1cnc[nH]1. The Morgan fingerprint density at radius 3 is 2.54 bits per heavy atom. The Balaban J connectivity index is 1.34. The molecule has 1 aliphatic heterocycles. The quantitative estimate of drug-likeness (QED) is 0.0973. The highest BCUT2D eigenvalue weighted by molar-refractivity contribution is 5.81. The zero-order chi connectivity index (χ0) is 28.5. The van der Waals surface area contributed by atoms with Gasteiger partial charge in [-0.25, -0.2) is 4.98 Å². The molecule has 3 rings (SSSR count). The van der Waals surface area contributed by atoms with Crippen LogP contribution in [0.15, 0.2) is 12.5 Å². The Morgan fingerprint density at radius 2 is 1.85 bits per heavy atom. The first-order chi connectivity index (χ1) is 18.6. The maximum Gasteiger partial charge on any atom is 0.237 e. The fraction of sp³-hybridized carbons (Fsp3) is 0.833. The largest absolute Gasteiger partial charge is 0.389 e. The van der Waals surface area contributed by atoms with Crippen molar-refractivity contribution >= 4 is 5.91 Å². The molecule has 1 aromatic heterocycles. The van der Waals surface area contributed by atoms with Gasteiger partial charge in [0.1, 0.15) is 30.5 Å². The number of unbranched alkanes of at least 4 members (excludes halogenated alkanes) is 3. The molecule has 11 atom stereocenters. The number of imidazole rings is 1. The van der Waals surface area contributed by atoms with Crippen molar-refractivity contribution in [1.29, 1.82) is 0 Å². The summed E-state index contributed by atoms with van der Waals surface area (Å²) in [5.41, 5.74) is 30.7. The maximum atomic E-state index is 12.1.